The van der Waals surface area contributed by atoms with Gasteiger partial charge in [-0.15, -0.1) is 0 Å². The van der Waals surface area contributed by atoms with Gasteiger partial charge in [0, 0.05) is 36.6 Å². The molecule has 1 unspecified atom stereocenters. The van der Waals surface area contributed by atoms with E-state index in [9.17, 15) is 18.3 Å². The number of benzene rings is 1. The predicted octanol–water partition coefficient (Wildman–Crippen LogP) is 5.68. The second kappa shape index (κ2) is 10.3. The Morgan fingerprint density at radius 2 is 1.67 bits per heavy atom. The van der Waals surface area contributed by atoms with Crippen LogP contribution in [-0.2, 0) is 31.2 Å². The fourth-order valence-electron chi connectivity index (χ4n) is 5.91. The van der Waals surface area contributed by atoms with Crippen molar-refractivity contribution in [1.29, 1.82) is 0 Å². The summed E-state index contributed by atoms with van der Waals surface area (Å²) in [6.07, 6.45) is 3.47. The van der Waals surface area contributed by atoms with Gasteiger partial charge in [-0.25, -0.2) is 8.42 Å². The van der Waals surface area contributed by atoms with E-state index >= 15 is 0 Å². The minimum atomic E-state index is -3.86. The van der Waals surface area contributed by atoms with E-state index in [-0.39, 0.29) is 41.2 Å². The SMILES string of the molecule is CCCCC(Cc1c(C)cc(C(C)(C)C)c(O)c1C)(C(=O)OC1CC(C)(C)NC(C)(C)C1)S(C)(=O)=O. The third-order valence-electron chi connectivity index (χ3n) is 7.61. The number of hydrogen-bond donors (Lipinski definition) is 2. The molecule has 0 amide bonds. The molecule has 1 heterocycles. The zero-order valence-corrected chi connectivity index (χ0v) is 25.2. The minimum absolute atomic E-state index is 0.0158. The molecule has 2 rings (SSSR count). The van der Waals surface area contributed by atoms with Crippen LogP contribution in [0.4, 0.5) is 0 Å². The van der Waals surface area contributed by atoms with Crippen molar-refractivity contribution in [2.45, 2.75) is 135 Å². The third-order valence-corrected chi connectivity index (χ3v) is 9.55. The third kappa shape index (κ3) is 6.63. The molecule has 1 aromatic carbocycles. The van der Waals surface area contributed by atoms with Gasteiger partial charge < -0.3 is 15.2 Å². The maximum Gasteiger partial charge on any atom is 0.328 e. The normalized spacial score (nSPS) is 20.1. The lowest BCUT2D eigenvalue weighted by Gasteiger charge is -2.46. The number of phenols is 1. The summed E-state index contributed by atoms with van der Waals surface area (Å²) >= 11 is 0. The lowest BCUT2D eigenvalue weighted by Crippen LogP contribution is -2.60. The first kappa shape index (κ1) is 30.6. The van der Waals surface area contributed by atoms with Crippen LogP contribution in [0.25, 0.3) is 0 Å². The molecule has 36 heavy (non-hydrogen) atoms. The highest BCUT2D eigenvalue weighted by atomic mass is 32.2. The summed E-state index contributed by atoms with van der Waals surface area (Å²) in [5.41, 5.74) is 2.24. The van der Waals surface area contributed by atoms with E-state index in [1.165, 1.54) is 0 Å². The molecular weight excluding hydrogens is 474 g/mol. The molecule has 0 spiro atoms. The van der Waals surface area contributed by atoms with Crippen LogP contribution in [0, 0.1) is 13.8 Å². The van der Waals surface area contributed by atoms with Crippen LogP contribution < -0.4 is 5.32 Å². The summed E-state index contributed by atoms with van der Waals surface area (Å²) in [5.74, 6) is -0.508. The van der Waals surface area contributed by atoms with Gasteiger partial charge in [-0.2, -0.15) is 0 Å². The van der Waals surface area contributed by atoms with Gasteiger partial charge in [0.05, 0.1) is 0 Å². The van der Waals surface area contributed by atoms with Gasteiger partial charge >= 0.3 is 5.97 Å². The Morgan fingerprint density at radius 3 is 2.11 bits per heavy atom. The average Bonchev–Trinajstić information content (AvgIpc) is 2.65. The predicted molar refractivity (Wildman–Crippen MR) is 147 cm³/mol. The molecule has 0 aromatic heterocycles. The van der Waals surface area contributed by atoms with Crippen LogP contribution in [0.5, 0.6) is 5.75 Å². The Labute approximate surface area is 219 Å². The second-order valence-electron chi connectivity index (χ2n) is 13.3. The summed E-state index contributed by atoms with van der Waals surface area (Å²) < 4.78 is 31.3. The molecule has 0 saturated carbocycles. The number of phenolic OH excluding ortho intramolecular Hbond substituents is 1. The number of nitrogens with one attached hydrogen (secondary N) is 1. The van der Waals surface area contributed by atoms with Crippen molar-refractivity contribution >= 4 is 15.8 Å². The summed E-state index contributed by atoms with van der Waals surface area (Å²) in [6, 6.07) is 1.92. The largest absolute Gasteiger partial charge is 0.507 e. The quantitative estimate of drug-likeness (QED) is 0.426. The number of rotatable bonds is 8. The number of esters is 1. The Hall–Kier alpha value is -1.60. The van der Waals surface area contributed by atoms with E-state index < -0.39 is 20.6 Å². The Kier molecular flexibility index (Phi) is 8.74. The number of piperidine rings is 1. The van der Waals surface area contributed by atoms with Gasteiger partial charge in [0.2, 0.25) is 0 Å². The monoisotopic (exact) mass is 523 g/mol. The first-order chi connectivity index (χ1) is 16.2. The lowest BCUT2D eigenvalue weighted by molar-refractivity contribution is -0.156. The van der Waals surface area contributed by atoms with Crippen LogP contribution in [0.2, 0.25) is 0 Å². The molecule has 6 nitrogen and oxygen atoms in total. The Bertz CT molecular complexity index is 1070. The van der Waals surface area contributed by atoms with Crippen molar-refractivity contribution in [3.05, 3.63) is 28.3 Å². The lowest BCUT2D eigenvalue weighted by atomic mass is 9.80. The van der Waals surface area contributed by atoms with Gasteiger partial charge in [-0.05, 0) is 75.6 Å². The van der Waals surface area contributed by atoms with E-state index in [0.717, 1.165) is 23.8 Å². The molecule has 2 N–H and O–H groups in total. The summed E-state index contributed by atoms with van der Waals surface area (Å²) in [7, 11) is -3.86. The number of unbranched alkanes of at least 4 members (excludes halogenated alkanes) is 1. The van der Waals surface area contributed by atoms with E-state index in [2.05, 4.69) is 33.0 Å². The zero-order valence-electron chi connectivity index (χ0n) is 24.4. The van der Waals surface area contributed by atoms with Crippen molar-refractivity contribution in [2.75, 3.05) is 6.26 Å². The van der Waals surface area contributed by atoms with Crippen molar-refractivity contribution in [1.82, 2.24) is 5.32 Å². The summed E-state index contributed by atoms with van der Waals surface area (Å²) in [4.78, 5) is 14.0. The first-order valence-corrected chi connectivity index (χ1v) is 15.1. The first-order valence-electron chi connectivity index (χ1n) is 13.2. The highest BCUT2D eigenvalue weighted by Crippen LogP contribution is 2.40. The number of sulfone groups is 1. The second-order valence-corrected chi connectivity index (χ2v) is 15.6. The van der Waals surface area contributed by atoms with Gasteiger partial charge in [-0.3, -0.25) is 4.79 Å². The van der Waals surface area contributed by atoms with Crippen LogP contribution in [0.1, 0.15) is 110 Å². The molecule has 7 heteroatoms. The van der Waals surface area contributed by atoms with E-state index in [1.54, 1.807) is 0 Å². The molecule has 0 radical (unpaired) electrons. The highest BCUT2D eigenvalue weighted by molar-refractivity contribution is 7.92. The van der Waals surface area contributed by atoms with Crippen LogP contribution in [0.15, 0.2) is 6.07 Å². The van der Waals surface area contributed by atoms with Crippen molar-refractivity contribution in [3.63, 3.8) is 0 Å². The van der Waals surface area contributed by atoms with Crippen LogP contribution in [-0.4, -0.2) is 47.7 Å². The number of hydrogen-bond acceptors (Lipinski definition) is 6. The van der Waals surface area contributed by atoms with Gasteiger partial charge in [0.1, 0.15) is 11.9 Å². The summed E-state index contributed by atoms with van der Waals surface area (Å²) in [5, 5.41) is 14.6. The topological polar surface area (TPSA) is 92.7 Å². The molecule has 1 saturated heterocycles. The number of carbonyl (C=O) groups excluding carboxylic acids is 1. The van der Waals surface area contributed by atoms with Crippen LogP contribution >= 0.6 is 0 Å². The van der Waals surface area contributed by atoms with E-state index in [4.69, 9.17) is 4.74 Å². The summed E-state index contributed by atoms with van der Waals surface area (Å²) in [6.45, 7) is 20.1. The minimum Gasteiger partial charge on any atom is -0.507 e. The maximum absolute atomic E-state index is 14.0. The molecule has 1 aromatic rings. The molecule has 206 valence electrons. The number of ether oxygens (including phenoxy) is 1. The van der Waals surface area contributed by atoms with Crippen molar-refractivity contribution < 1.29 is 23.1 Å². The molecular formula is C29H49NO5S. The van der Waals surface area contributed by atoms with Gasteiger partial charge in [0.15, 0.2) is 14.6 Å². The van der Waals surface area contributed by atoms with Gasteiger partial charge in [-0.1, -0.05) is 46.6 Å². The van der Waals surface area contributed by atoms with Crippen molar-refractivity contribution in [3.8, 4) is 5.75 Å². The average molecular weight is 524 g/mol. The fourth-order valence-corrected chi connectivity index (χ4v) is 7.18. The number of aryl methyl sites for hydroxylation is 1. The fraction of sp³-hybridized carbons (Fsp3) is 0.759. The molecule has 1 aliphatic rings. The Morgan fingerprint density at radius 1 is 1.14 bits per heavy atom. The van der Waals surface area contributed by atoms with E-state index in [1.807, 2.05) is 47.6 Å². The number of carbonyl (C=O) groups is 1. The molecule has 1 fully saturated rings. The Balaban J connectivity index is 2.60. The van der Waals surface area contributed by atoms with Crippen molar-refractivity contribution in [2.24, 2.45) is 0 Å². The van der Waals surface area contributed by atoms with Gasteiger partial charge in [0.25, 0.3) is 0 Å². The molecule has 1 atom stereocenters. The molecule has 0 bridgehead atoms. The smallest absolute Gasteiger partial charge is 0.328 e. The van der Waals surface area contributed by atoms with Crippen LogP contribution in [0.3, 0.4) is 0 Å². The highest BCUT2D eigenvalue weighted by Gasteiger charge is 2.51. The maximum atomic E-state index is 14.0. The number of aromatic hydroxyl groups is 1. The zero-order chi connectivity index (χ0) is 27.9. The van der Waals surface area contributed by atoms with E-state index in [0.29, 0.717) is 30.4 Å². The molecule has 0 aliphatic carbocycles. The standard InChI is InChI=1S/C29H49NO5S/c1-12-13-14-29(36(11,33)34,25(32)35-21-16-27(7,8)30-28(9,10)17-21)18-22-19(2)15-23(26(4,5)6)24(31)20(22)3/h15,21,30-31H,12-14,16-18H2,1-11H3. The molecule has 1 aliphatic heterocycles.